The number of carbonyl (C=O) groups excluding carboxylic acids is 1. The third kappa shape index (κ3) is 4.77. The van der Waals surface area contributed by atoms with Crippen LogP contribution in [0.4, 0.5) is 0 Å². The number of rotatable bonds is 7. The molecule has 8 heteroatoms. The van der Waals surface area contributed by atoms with Gasteiger partial charge in [0.05, 0.1) is 18.6 Å². The first-order valence-electron chi connectivity index (χ1n) is 8.63. The van der Waals surface area contributed by atoms with Gasteiger partial charge in [-0.1, -0.05) is 42.1 Å². The molecule has 0 aliphatic heterocycles. The largest absolute Gasteiger partial charge is 0.497 e. The first-order valence-corrected chi connectivity index (χ1v) is 9.62. The van der Waals surface area contributed by atoms with Crippen molar-refractivity contribution in [3.8, 4) is 17.1 Å². The Labute approximate surface area is 167 Å². The topological polar surface area (TPSA) is 81.4 Å². The summed E-state index contributed by atoms with van der Waals surface area (Å²) in [6.07, 6.45) is 0. The van der Waals surface area contributed by atoms with Crippen molar-refractivity contribution in [1.29, 1.82) is 0 Å². The highest BCUT2D eigenvalue weighted by atomic mass is 32.2. The Morgan fingerprint density at radius 3 is 2.54 bits per heavy atom. The molecular formula is C20H21N5O2S. The van der Waals surface area contributed by atoms with Gasteiger partial charge < -0.3 is 9.30 Å². The monoisotopic (exact) mass is 395 g/mol. The highest BCUT2D eigenvalue weighted by molar-refractivity contribution is 7.99. The van der Waals surface area contributed by atoms with Crippen LogP contribution in [0.1, 0.15) is 12.5 Å². The third-order valence-corrected chi connectivity index (χ3v) is 5.08. The Morgan fingerprint density at radius 1 is 1.14 bits per heavy atom. The van der Waals surface area contributed by atoms with Crippen LogP contribution >= 0.6 is 11.8 Å². The number of hydrogen-bond acceptors (Lipinski definition) is 6. The van der Waals surface area contributed by atoms with E-state index in [-0.39, 0.29) is 11.7 Å². The molecule has 0 aliphatic rings. The van der Waals surface area contributed by atoms with Crippen LogP contribution in [0.5, 0.6) is 5.75 Å². The number of carbonyl (C=O) groups is 1. The van der Waals surface area contributed by atoms with Crippen LogP contribution in [0.15, 0.2) is 64.9 Å². The standard InChI is InChI=1S/C20H21N5O2S/c1-14(15-9-11-17(27-3)12-10-15)21-22-18(26)13-28-20-24-23-19(25(20)2)16-7-5-4-6-8-16/h4-12H,13H2,1-3H3,(H,22,26). The van der Waals surface area contributed by atoms with E-state index in [1.165, 1.54) is 11.8 Å². The molecule has 0 atom stereocenters. The van der Waals surface area contributed by atoms with Gasteiger partial charge in [0.1, 0.15) is 5.75 Å². The molecule has 0 unspecified atom stereocenters. The molecule has 3 aromatic rings. The first kappa shape index (κ1) is 19.6. The Balaban J connectivity index is 1.56. The highest BCUT2D eigenvalue weighted by Crippen LogP contribution is 2.22. The molecule has 144 valence electrons. The number of methoxy groups -OCH3 is 1. The zero-order valence-corrected chi connectivity index (χ0v) is 16.7. The van der Waals surface area contributed by atoms with E-state index in [1.54, 1.807) is 7.11 Å². The zero-order valence-electron chi connectivity index (χ0n) is 15.9. The molecule has 0 fully saturated rings. The summed E-state index contributed by atoms with van der Waals surface area (Å²) in [6.45, 7) is 1.84. The second kappa shape index (κ2) is 9.18. The van der Waals surface area contributed by atoms with Crippen molar-refractivity contribution in [3.05, 3.63) is 60.2 Å². The second-order valence-electron chi connectivity index (χ2n) is 5.98. The van der Waals surface area contributed by atoms with Gasteiger partial charge in [0.15, 0.2) is 11.0 Å². The van der Waals surface area contributed by atoms with Crippen molar-refractivity contribution in [1.82, 2.24) is 20.2 Å². The predicted octanol–water partition coefficient (Wildman–Crippen LogP) is 3.12. The molecule has 0 radical (unpaired) electrons. The fraction of sp³-hybridized carbons (Fsp3) is 0.200. The van der Waals surface area contributed by atoms with Crippen LogP contribution in [0, 0.1) is 0 Å². The van der Waals surface area contributed by atoms with Crippen LogP contribution in [-0.2, 0) is 11.8 Å². The van der Waals surface area contributed by atoms with Crippen molar-refractivity contribution in [2.24, 2.45) is 12.1 Å². The molecule has 1 aromatic heterocycles. The van der Waals surface area contributed by atoms with E-state index >= 15 is 0 Å². The molecule has 7 nitrogen and oxygen atoms in total. The van der Waals surface area contributed by atoms with Gasteiger partial charge in [-0.3, -0.25) is 4.79 Å². The zero-order chi connectivity index (χ0) is 19.9. The van der Waals surface area contributed by atoms with Gasteiger partial charge in [-0.05, 0) is 36.8 Å². The van der Waals surface area contributed by atoms with Gasteiger partial charge in [0, 0.05) is 12.6 Å². The number of ether oxygens (including phenoxy) is 1. The van der Waals surface area contributed by atoms with Crippen molar-refractivity contribution in [2.45, 2.75) is 12.1 Å². The van der Waals surface area contributed by atoms with Gasteiger partial charge >= 0.3 is 0 Å². The van der Waals surface area contributed by atoms with Crippen LogP contribution < -0.4 is 10.2 Å². The molecule has 1 heterocycles. The lowest BCUT2D eigenvalue weighted by Crippen LogP contribution is -2.21. The summed E-state index contributed by atoms with van der Waals surface area (Å²) in [4.78, 5) is 12.1. The number of nitrogens with one attached hydrogen (secondary N) is 1. The average Bonchev–Trinajstić information content (AvgIpc) is 3.11. The highest BCUT2D eigenvalue weighted by Gasteiger charge is 2.12. The normalized spacial score (nSPS) is 11.3. The molecular weight excluding hydrogens is 374 g/mol. The number of thioether (sulfide) groups is 1. The lowest BCUT2D eigenvalue weighted by molar-refractivity contribution is -0.118. The van der Waals surface area contributed by atoms with E-state index in [2.05, 4.69) is 20.7 Å². The predicted molar refractivity (Wildman–Crippen MR) is 111 cm³/mol. The number of benzene rings is 2. The quantitative estimate of drug-likeness (QED) is 0.378. The molecule has 2 aromatic carbocycles. The average molecular weight is 395 g/mol. The van der Waals surface area contributed by atoms with E-state index in [0.29, 0.717) is 10.9 Å². The van der Waals surface area contributed by atoms with Crippen molar-refractivity contribution in [3.63, 3.8) is 0 Å². The van der Waals surface area contributed by atoms with E-state index in [4.69, 9.17) is 4.74 Å². The lowest BCUT2D eigenvalue weighted by Gasteiger charge is -2.05. The van der Waals surface area contributed by atoms with E-state index in [0.717, 1.165) is 22.7 Å². The van der Waals surface area contributed by atoms with Crippen molar-refractivity contribution in [2.75, 3.05) is 12.9 Å². The van der Waals surface area contributed by atoms with Gasteiger partial charge in [0.25, 0.3) is 5.91 Å². The van der Waals surface area contributed by atoms with E-state index in [9.17, 15) is 4.79 Å². The Hall–Kier alpha value is -3.13. The minimum atomic E-state index is -0.206. The summed E-state index contributed by atoms with van der Waals surface area (Å²) in [5.41, 5.74) is 5.18. The van der Waals surface area contributed by atoms with Crippen LogP contribution in [0.3, 0.4) is 0 Å². The number of hydrogen-bond donors (Lipinski definition) is 1. The van der Waals surface area contributed by atoms with Crippen LogP contribution in [-0.4, -0.2) is 39.2 Å². The molecule has 0 saturated carbocycles. The van der Waals surface area contributed by atoms with Gasteiger partial charge in [0.2, 0.25) is 0 Å². The minimum absolute atomic E-state index is 0.195. The Bertz CT molecular complexity index is 968. The molecule has 0 aliphatic carbocycles. The fourth-order valence-electron chi connectivity index (χ4n) is 2.48. The minimum Gasteiger partial charge on any atom is -0.497 e. The molecule has 0 bridgehead atoms. The Morgan fingerprint density at radius 2 is 1.86 bits per heavy atom. The third-order valence-electron chi connectivity index (χ3n) is 4.06. The summed E-state index contributed by atoms with van der Waals surface area (Å²) >= 11 is 1.31. The maximum atomic E-state index is 12.1. The van der Waals surface area contributed by atoms with E-state index < -0.39 is 0 Å². The number of amides is 1. The summed E-state index contributed by atoms with van der Waals surface area (Å²) in [5, 5.41) is 13.2. The van der Waals surface area contributed by atoms with E-state index in [1.807, 2.05) is 73.1 Å². The molecule has 3 rings (SSSR count). The molecule has 1 N–H and O–H groups in total. The maximum absolute atomic E-state index is 12.1. The molecule has 0 spiro atoms. The summed E-state index contributed by atoms with van der Waals surface area (Å²) in [7, 11) is 3.50. The number of nitrogens with zero attached hydrogens (tertiary/aromatic N) is 4. The van der Waals surface area contributed by atoms with Gasteiger partial charge in [-0.15, -0.1) is 10.2 Å². The Kier molecular flexibility index (Phi) is 6.44. The van der Waals surface area contributed by atoms with Crippen molar-refractivity contribution >= 4 is 23.4 Å². The smallest absolute Gasteiger partial charge is 0.250 e. The summed E-state index contributed by atoms with van der Waals surface area (Å²) in [6, 6.07) is 17.3. The van der Waals surface area contributed by atoms with Gasteiger partial charge in [-0.25, -0.2) is 5.43 Å². The summed E-state index contributed by atoms with van der Waals surface area (Å²) < 4.78 is 7.01. The lowest BCUT2D eigenvalue weighted by atomic mass is 10.1. The number of hydrazone groups is 1. The maximum Gasteiger partial charge on any atom is 0.250 e. The SMILES string of the molecule is COc1ccc(C(C)=NNC(=O)CSc2nnc(-c3ccccc3)n2C)cc1. The second-order valence-corrected chi connectivity index (χ2v) is 6.92. The summed E-state index contributed by atoms with van der Waals surface area (Å²) in [5.74, 6) is 1.52. The molecule has 1 amide bonds. The number of aromatic nitrogens is 3. The van der Waals surface area contributed by atoms with Crippen LogP contribution in [0.2, 0.25) is 0 Å². The molecule has 0 saturated heterocycles. The first-order chi connectivity index (χ1) is 13.6. The van der Waals surface area contributed by atoms with Crippen molar-refractivity contribution < 1.29 is 9.53 Å². The van der Waals surface area contributed by atoms with Crippen LogP contribution in [0.25, 0.3) is 11.4 Å². The fourth-order valence-corrected chi connectivity index (χ4v) is 3.19. The molecule has 28 heavy (non-hydrogen) atoms. The van der Waals surface area contributed by atoms with Gasteiger partial charge in [-0.2, -0.15) is 5.10 Å².